The average molecular weight is 268 g/mol. The minimum absolute atomic E-state index is 0.0510. The van der Waals surface area contributed by atoms with Crippen LogP contribution in [0.2, 0.25) is 0 Å². The highest BCUT2D eigenvalue weighted by Crippen LogP contribution is 2.11. The van der Waals surface area contributed by atoms with Crippen LogP contribution in [-0.2, 0) is 17.8 Å². The Morgan fingerprint density at radius 1 is 1.00 bits per heavy atom. The van der Waals surface area contributed by atoms with Gasteiger partial charge in [0, 0.05) is 18.7 Å². The van der Waals surface area contributed by atoms with Crippen molar-refractivity contribution in [1.82, 2.24) is 0 Å². The second-order valence-corrected chi connectivity index (χ2v) is 4.79. The van der Waals surface area contributed by atoms with E-state index in [4.69, 9.17) is 5.73 Å². The SMILES string of the molecule is NCc1cccc(NC(=O)CCCc2ccccc2)c1. The van der Waals surface area contributed by atoms with Crippen LogP contribution in [0.4, 0.5) is 5.69 Å². The van der Waals surface area contributed by atoms with Crippen LogP contribution in [-0.4, -0.2) is 5.91 Å². The highest BCUT2D eigenvalue weighted by atomic mass is 16.1. The van der Waals surface area contributed by atoms with Crippen LogP contribution < -0.4 is 11.1 Å². The van der Waals surface area contributed by atoms with E-state index in [9.17, 15) is 4.79 Å². The van der Waals surface area contributed by atoms with Crippen LogP contribution in [0.15, 0.2) is 54.6 Å². The lowest BCUT2D eigenvalue weighted by molar-refractivity contribution is -0.116. The molecule has 0 bridgehead atoms. The highest BCUT2D eigenvalue weighted by Gasteiger charge is 2.03. The highest BCUT2D eigenvalue weighted by molar-refractivity contribution is 5.90. The van der Waals surface area contributed by atoms with Crippen molar-refractivity contribution in [2.75, 3.05) is 5.32 Å². The number of hydrogen-bond acceptors (Lipinski definition) is 2. The largest absolute Gasteiger partial charge is 0.326 e. The molecule has 0 aliphatic carbocycles. The fraction of sp³-hybridized carbons (Fsp3) is 0.235. The number of amides is 1. The van der Waals surface area contributed by atoms with Gasteiger partial charge in [0.15, 0.2) is 0 Å². The summed E-state index contributed by atoms with van der Waals surface area (Å²) in [6.07, 6.45) is 2.31. The first-order chi connectivity index (χ1) is 9.78. The van der Waals surface area contributed by atoms with E-state index >= 15 is 0 Å². The van der Waals surface area contributed by atoms with Crippen molar-refractivity contribution in [2.45, 2.75) is 25.8 Å². The lowest BCUT2D eigenvalue weighted by Gasteiger charge is -2.06. The van der Waals surface area contributed by atoms with Gasteiger partial charge in [-0.25, -0.2) is 0 Å². The third-order valence-electron chi connectivity index (χ3n) is 3.16. The number of nitrogens with two attached hydrogens (primary N) is 1. The smallest absolute Gasteiger partial charge is 0.224 e. The number of carbonyl (C=O) groups is 1. The standard InChI is InChI=1S/C17H20N2O/c18-13-15-9-4-10-16(12-15)19-17(20)11-5-8-14-6-2-1-3-7-14/h1-4,6-7,9-10,12H,5,8,11,13,18H2,(H,19,20). The summed E-state index contributed by atoms with van der Waals surface area (Å²) in [6.45, 7) is 0.484. The normalized spacial score (nSPS) is 10.2. The Morgan fingerprint density at radius 2 is 1.75 bits per heavy atom. The Labute approximate surface area is 119 Å². The lowest BCUT2D eigenvalue weighted by Crippen LogP contribution is -2.12. The van der Waals surface area contributed by atoms with Gasteiger partial charge in [0.2, 0.25) is 5.91 Å². The van der Waals surface area contributed by atoms with E-state index in [0.29, 0.717) is 13.0 Å². The maximum Gasteiger partial charge on any atom is 0.224 e. The maximum absolute atomic E-state index is 11.9. The Balaban J connectivity index is 1.77. The first-order valence-corrected chi connectivity index (χ1v) is 6.91. The molecule has 104 valence electrons. The number of aryl methyl sites for hydroxylation is 1. The Kier molecular flexibility index (Phi) is 5.33. The molecule has 0 saturated heterocycles. The minimum Gasteiger partial charge on any atom is -0.326 e. The fourth-order valence-electron chi connectivity index (χ4n) is 2.10. The number of rotatable bonds is 6. The molecular weight excluding hydrogens is 248 g/mol. The number of nitrogens with one attached hydrogen (secondary N) is 1. The van der Waals surface area contributed by atoms with Crippen LogP contribution in [0.25, 0.3) is 0 Å². The summed E-state index contributed by atoms with van der Waals surface area (Å²) >= 11 is 0. The van der Waals surface area contributed by atoms with E-state index in [0.717, 1.165) is 24.1 Å². The van der Waals surface area contributed by atoms with Crippen molar-refractivity contribution >= 4 is 11.6 Å². The Hall–Kier alpha value is -2.13. The summed E-state index contributed by atoms with van der Waals surface area (Å²) in [4.78, 5) is 11.9. The van der Waals surface area contributed by atoms with E-state index < -0.39 is 0 Å². The van der Waals surface area contributed by atoms with Crippen molar-refractivity contribution in [1.29, 1.82) is 0 Å². The van der Waals surface area contributed by atoms with Gasteiger partial charge in [0.05, 0.1) is 0 Å². The molecule has 3 N–H and O–H groups in total. The van der Waals surface area contributed by atoms with Crippen molar-refractivity contribution in [3.63, 3.8) is 0 Å². The zero-order valence-electron chi connectivity index (χ0n) is 11.5. The van der Waals surface area contributed by atoms with E-state index in [1.54, 1.807) is 0 Å². The summed E-state index contributed by atoms with van der Waals surface area (Å²) in [7, 11) is 0. The number of carbonyl (C=O) groups excluding carboxylic acids is 1. The van der Waals surface area contributed by atoms with Crippen LogP contribution in [0.5, 0.6) is 0 Å². The first-order valence-electron chi connectivity index (χ1n) is 6.91. The monoisotopic (exact) mass is 268 g/mol. The molecule has 20 heavy (non-hydrogen) atoms. The molecule has 0 aromatic heterocycles. The van der Waals surface area contributed by atoms with Crippen molar-refractivity contribution < 1.29 is 4.79 Å². The molecule has 0 aliphatic heterocycles. The number of anilines is 1. The third-order valence-corrected chi connectivity index (χ3v) is 3.16. The molecule has 3 nitrogen and oxygen atoms in total. The predicted molar refractivity (Wildman–Crippen MR) is 82.3 cm³/mol. The molecule has 0 heterocycles. The number of benzene rings is 2. The zero-order chi connectivity index (χ0) is 14.2. The summed E-state index contributed by atoms with van der Waals surface area (Å²) < 4.78 is 0. The molecule has 1 amide bonds. The van der Waals surface area contributed by atoms with Gasteiger partial charge in [-0.1, -0.05) is 42.5 Å². The predicted octanol–water partition coefficient (Wildman–Crippen LogP) is 3.11. The third kappa shape index (κ3) is 4.52. The van der Waals surface area contributed by atoms with Crippen molar-refractivity contribution in [2.24, 2.45) is 5.73 Å². The van der Waals surface area contributed by atoms with Gasteiger partial charge in [-0.05, 0) is 36.1 Å². The van der Waals surface area contributed by atoms with Gasteiger partial charge in [-0.3, -0.25) is 4.79 Å². The molecule has 2 rings (SSSR count). The van der Waals surface area contributed by atoms with Gasteiger partial charge >= 0.3 is 0 Å². The second kappa shape index (κ2) is 7.46. The van der Waals surface area contributed by atoms with Crippen LogP contribution in [0.1, 0.15) is 24.0 Å². The van der Waals surface area contributed by atoms with Crippen LogP contribution >= 0.6 is 0 Å². The average Bonchev–Trinajstić information content (AvgIpc) is 2.48. The van der Waals surface area contributed by atoms with E-state index in [1.807, 2.05) is 42.5 Å². The quantitative estimate of drug-likeness (QED) is 0.845. The zero-order valence-corrected chi connectivity index (χ0v) is 11.5. The maximum atomic E-state index is 11.9. The molecule has 0 radical (unpaired) electrons. The lowest BCUT2D eigenvalue weighted by atomic mass is 10.1. The Morgan fingerprint density at radius 3 is 2.50 bits per heavy atom. The molecule has 3 heteroatoms. The summed E-state index contributed by atoms with van der Waals surface area (Å²) in [5.41, 5.74) is 8.69. The van der Waals surface area contributed by atoms with Gasteiger partial charge in [-0.2, -0.15) is 0 Å². The van der Waals surface area contributed by atoms with Crippen LogP contribution in [0, 0.1) is 0 Å². The molecule has 0 spiro atoms. The molecule has 0 aliphatic rings. The topological polar surface area (TPSA) is 55.1 Å². The van der Waals surface area contributed by atoms with Crippen molar-refractivity contribution in [3.8, 4) is 0 Å². The summed E-state index contributed by atoms with van der Waals surface area (Å²) in [5.74, 6) is 0.0510. The first kappa shape index (κ1) is 14.3. The van der Waals surface area contributed by atoms with Crippen LogP contribution in [0.3, 0.4) is 0 Å². The molecular formula is C17H20N2O. The van der Waals surface area contributed by atoms with Gasteiger partial charge < -0.3 is 11.1 Å². The summed E-state index contributed by atoms with van der Waals surface area (Å²) in [6, 6.07) is 17.9. The van der Waals surface area contributed by atoms with Gasteiger partial charge in [0.25, 0.3) is 0 Å². The molecule has 0 fully saturated rings. The number of hydrogen-bond donors (Lipinski definition) is 2. The second-order valence-electron chi connectivity index (χ2n) is 4.79. The molecule has 2 aromatic rings. The fourth-order valence-corrected chi connectivity index (χ4v) is 2.10. The van der Waals surface area contributed by atoms with Crippen molar-refractivity contribution in [3.05, 3.63) is 65.7 Å². The minimum atomic E-state index is 0.0510. The van der Waals surface area contributed by atoms with Gasteiger partial charge in [0.1, 0.15) is 0 Å². The molecule has 0 saturated carbocycles. The molecule has 0 unspecified atom stereocenters. The summed E-state index contributed by atoms with van der Waals surface area (Å²) in [5, 5.41) is 2.91. The van der Waals surface area contributed by atoms with E-state index in [2.05, 4.69) is 17.4 Å². The molecule has 0 atom stereocenters. The molecule has 2 aromatic carbocycles. The Bertz CT molecular complexity index is 552. The van der Waals surface area contributed by atoms with Gasteiger partial charge in [-0.15, -0.1) is 0 Å². The van der Waals surface area contributed by atoms with E-state index in [1.165, 1.54) is 5.56 Å². The van der Waals surface area contributed by atoms with E-state index in [-0.39, 0.29) is 5.91 Å².